The zero-order valence-corrected chi connectivity index (χ0v) is 5.55. The zero-order valence-electron chi connectivity index (χ0n) is 5.55. The molecule has 0 aliphatic carbocycles. The third kappa shape index (κ3) is 3.58. The summed E-state index contributed by atoms with van der Waals surface area (Å²) in [6.45, 7) is 2.00. The van der Waals surface area contributed by atoms with Crippen molar-refractivity contribution < 1.29 is 4.79 Å². The predicted molar refractivity (Wildman–Crippen MR) is 36.4 cm³/mol. The van der Waals surface area contributed by atoms with E-state index < -0.39 is 5.91 Å². The lowest BCUT2D eigenvalue weighted by atomic mass is 10.3. The first-order valence-corrected chi connectivity index (χ1v) is 2.94. The van der Waals surface area contributed by atoms with Crippen LogP contribution in [0.15, 0.2) is 11.8 Å². The van der Waals surface area contributed by atoms with E-state index in [1.165, 1.54) is 0 Å². The van der Waals surface area contributed by atoms with E-state index in [1.54, 1.807) is 6.08 Å². The number of hydrogen-bond donors (Lipinski definition) is 2. The first-order chi connectivity index (χ1) is 4.18. The van der Waals surface area contributed by atoms with E-state index in [4.69, 9.17) is 11.5 Å². The van der Waals surface area contributed by atoms with E-state index in [9.17, 15) is 4.79 Å². The maximum atomic E-state index is 10.2. The van der Waals surface area contributed by atoms with Gasteiger partial charge in [0, 0.05) is 0 Å². The van der Waals surface area contributed by atoms with Gasteiger partial charge in [-0.2, -0.15) is 0 Å². The number of rotatable bonds is 3. The first kappa shape index (κ1) is 8.01. The molecule has 0 saturated heterocycles. The fourth-order valence-corrected chi connectivity index (χ4v) is 0.400. The fourth-order valence-electron chi connectivity index (χ4n) is 0.400. The van der Waals surface area contributed by atoms with Gasteiger partial charge in [0.1, 0.15) is 0 Å². The molecule has 4 N–H and O–H groups in total. The maximum Gasteiger partial charge on any atom is 0.264 e. The van der Waals surface area contributed by atoms with Gasteiger partial charge in [0.25, 0.3) is 5.91 Å². The van der Waals surface area contributed by atoms with Crippen LogP contribution in [0.2, 0.25) is 0 Å². The summed E-state index contributed by atoms with van der Waals surface area (Å²) in [6.07, 6.45) is 3.44. The number of amides is 1. The Kier molecular flexibility index (Phi) is 3.51. The molecular formula is C6H12N2O. The molecule has 3 nitrogen and oxygen atoms in total. The van der Waals surface area contributed by atoms with E-state index in [0.29, 0.717) is 0 Å². The lowest BCUT2D eigenvalue weighted by molar-refractivity contribution is -0.114. The molecule has 0 unspecified atom stereocenters. The lowest BCUT2D eigenvalue weighted by Gasteiger charge is -1.91. The molecule has 0 atom stereocenters. The summed E-state index contributed by atoms with van der Waals surface area (Å²) in [5.74, 6) is -0.538. The number of carbonyl (C=O) groups excluding carboxylic acids is 1. The summed E-state index contributed by atoms with van der Waals surface area (Å²) in [4.78, 5) is 10.2. The highest BCUT2D eigenvalue weighted by atomic mass is 16.1. The average molecular weight is 128 g/mol. The summed E-state index contributed by atoms with van der Waals surface area (Å²) < 4.78 is 0. The van der Waals surface area contributed by atoms with Gasteiger partial charge in [-0.3, -0.25) is 4.79 Å². The molecule has 0 aromatic heterocycles. The van der Waals surface area contributed by atoms with Crippen LogP contribution < -0.4 is 11.5 Å². The number of primary amides is 1. The highest BCUT2D eigenvalue weighted by Gasteiger charge is 1.94. The van der Waals surface area contributed by atoms with E-state index in [1.807, 2.05) is 6.92 Å². The predicted octanol–water partition coefficient (Wildman–Crippen LogP) is 0.114. The second kappa shape index (κ2) is 3.95. The van der Waals surface area contributed by atoms with Gasteiger partial charge in [-0.25, -0.2) is 0 Å². The molecule has 0 fully saturated rings. The molecule has 9 heavy (non-hydrogen) atoms. The minimum absolute atomic E-state index is 0.164. The van der Waals surface area contributed by atoms with Crippen LogP contribution in [0.3, 0.4) is 0 Å². The quantitative estimate of drug-likeness (QED) is 0.530. The second-order valence-electron chi connectivity index (χ2n) is 1.81. The Morgan fingerprint density at radius 3 is 2.44 bits per heavy atom. The average Bonchev–Trinajstić information content (AvgIpc) is 1.82. The molecule has 0 aromatic rings. The lowest BCUT2D eigenvalue weighted by Crippen LogP contribution is -2.19. The van der Waals surface area contributed by atoms with Gasteiger partial charge in [0.15, 0.2) is 0 Å². The Labute approximate surface area is 54.7 Å². The molecule has 0 radical (unpaired) electrons. The van der Waals surface area contributed by atoms with Gasteiger partial charge >= 0.3 is 0 Å². The topological polar surface area (TPSA) is 69.1 Å². The van der Waals surface area contributed by atoms with Crippen molar-refractivity contribution in [3.63, 3.8) is 0 Å². The minimum Gasteiger partial charge on any atom is -0.395 e. The largest absolute Gasteiger partial charge is 0.395 e. The van der Waals surface area contributed by atoms with Crippen molar-refractivity contribution in [1.82, 2.24) is 0 Å². The third-order valence-corrected chi connectivity index (χ3v) is 0.937. The van der Waals surface area contributed by atoms with Crippen molar-refractivity contribution in [3.8, 4) is 0 Å². The summed E-state index contributed by atoms with van der Waals surface area (Å²) >= 11 is 0. The molecular weight excluding hydrogens is 116 g/mol. The summed E-state index contributed by atoms with van der Waals surface area (Å²) in [7, 11) is 0. The van der Waals surface area contributed by atoms with E-state index in [2.05, 4.69) is 0 Å². The molecule has 0 bridgehead atoms. The van der Waals surface area contributed by atoms with Crippen molar-refractivity contribution >= 4 is 5.91 Å². The van der Waals surface area contributed by atoms with Gasteiger partial charge < -0.3 is 11.5 Å². The molecule has 3 heteroatoms. The fraction of sp³-hybridized carbons (Fsp3) is 0.500. The Hall–Kier alpha value is -0.990. The smallest absolute Gasteiger partial charge is 0.264 e. The minimum atomic E-state index is -0.538. The zero-order chi connectivity index (χ0) is 7.28. The Bertz CT molecular complexity index is 129. The standard InChI is InChI=1S/C6H12N2O/c1-2-3-4-5(7)6(8)9/h4H,2-3,7H2,1H3,(H2,8,9)/b5-4+. The Balaban J connectivity index is 3.69. The van der Waals surface area contributed by atoms with Crippen LogP contribution in [-0.2, 0) is 4.79 Å². The molecule has 52 valence electrons. The normalized spacial score (nSPS) is 11.4. The van der Waals surface area contributed by atoms with Crippen LogP contribution in [0.4, 0.5) is 0 Å². The maximum absolute atomic E-state index is 10.2. The number of carbonyl (C=O) groups is 1. The third-order valence-electron chi connectivity index (χ3n) is 0.937. The van der Waals surface area contributed by atoms with Gasteiger partial charge in [-0.15, -0.1) is 0 Å². The second-order valence-corrected chi connectivity index (χ2v) is 1.81. The van der Waals surface area contributed by atoms with Crippen LogP contribution in [0.5, 0.6) is 0 Å². The molecule has 1 amide bonds. The Morgan fingerprint density at radius 1 is 1.56 bits per heavy atom. The number of nitrogens with two attached hydrogens (primary N) is 2. The van der Waals surface area contributed by atoms with E-state index >= 15 is 0 Å². The van der Waals surface area contributed by atoms with Crippen molar-refractivity contribution in [2.75, 3.05) is 0 Å². The van der Waals surface area contributed by atoms with Gasteiger partial charge in [0.05, 0.1) is 5.70 Å². The molecule has 0 spiro atoms. The monoisotopic (exact) mass is 128 g/mol. The van der Waals surface area contributed by atoms with Crippen LogP contribution in [0.25, 0.3) is 0 Å². The number of unbranched alkanes of at least 4 members (excludes halogenated alkanes) is 1. The molecule has 0 aliphatic rings. The molecule has 0 aliphatic heterocycles. The number of allylic oxidation sites excluding steroid dienone is 1. The van der Waals surface area contributed by atoms with E-state index in [-0.39, 0.29) is 5.70 Å². The van der Waals surface area contributed by atoms with Crippen LogP contribution >= 0.6 is 0 Å². The molecule has 0 rings (SSSR count). The van der Waals surface area contributed by atoms with E-state index in [0.717, 1.165) is 12.8 Å². The summed E-state index contributed by atoms with van der Waals surface area (Å²) in [5.41, 5.74) is 10.2. The molecule has 0 aromatic carbocycles. The van der Waals surface area contributed by atoms with Crippen LogP contribution in [0.1, 0.15) is 19.8 Å². The highest BCUT2D eigenvalue weighted by Crippen LogP contribution is 1.90. The summed E-state index contributed by atoms with van der Waals surface area (Å²) in [6, 6.07) is 0. The SMILES string of the molecule is CCC/C=C(/N)C(N)=O. The molecule has 0 heterocycles. The van der Waals surface area contributed by atoms with Gasteiger partial charge in [0.2, 0.25) is 0 Å². The van der Waals surface area contributed by atoms with Crippen molar-refractivity contribution in [3.05, 3.63) is 11.8 Å². The van der Waals surface area contributed by atoms with Crippen molar-refractivity contribution in [1.29, 1.82) is 0 Å². The number of hydrogen-bond acceptors (Lipinski definition) is 2. The summed E-state index contributed by atoms with van der Waals surface area (Å²) in [5, 5.41) is 0. The molecule has 0 saturated carbocycles. The van der Waals surface area contributed by atoms with Crippen LogP contribution in [0, 0.1) is 0 Å². The highest BCUT2D eigenvalue weighted by molar-refractivity contribution is 5.90. The van der Waals surface area contributed by atoms with Gasteiger partial charge in [-0.1, -0.05) is 19.4 Å². The van der Waals surface area contributed by atoms with Gasteiger partial charge in [-0.05, 0) is 6.42 Å². The van der Waals surface area contributed by atoms with Crippen molar-refractivity contribution in [2.45, 2.75) is 19.8 Å². The Morgan fingerprint density at radius 2 is 2.11 bits per heavy atom. The van der Waals surface area contributed by atoms with Crippen molar-refractivity contribution in [2.24, 2.45) is 11.5 Å². The first-order valence-electron chi connectivity index (χ1n) is 2.94. The van der Waals surface area contributed by atoms with Crippen LogP contribution in [-0.4, -0.2) is 5.91 Å².